The van der Waals surface area contributed by atoms with Gasteiger partial charge in [0.05, 0.1) is 37.4 Å². The van der Waals surface area contributed by atoms with E-state index in [-0.39, 0.29) is 48.6 Å². The molecule has 40 heavy (non-hydrogen) atoms. The van der Waals surface area contributed by atoms with Gasteiger partial charge in [-0.25, -0.2) is 13.2 Å². The first-order valence-corrected chi connectivity index (χ1v) is 15.2. The number of methoxy groups -OCH3 is 1. The molecule has 0 spiro atoms. The molecule has 2 saturated heterocycles. The van der Waals surface area contributed by atoms with Crippen molar-refractivity contribution in [2.45, 2.75) is 62.5 Å². The summed E-state index contributed by atoms with van der Waals surface area (Å²) in [5, 5.41) is 14.2. The second kappa shape index (κ2) is 13.8. The molecular weight excluding hydrogens is 536 g/mol. The highest BCUT2D eigenvalue weighted by atomic mass is 32.2. The largest absolute Gasteiger partial charge is 0.497 e. The van der Waals surface area contributed by atoms with Crippen molar-refractivity contribution >= 4 is 16.1 Å². The third kappa shape index (κ3) is 7.73. The first-order chi connectivity index (χ1) is 19.2. The highest BCUT2D eigenvalue weighted by molar-refractivity contribution is 7.89. The van der Waals surface area contributed by atoms with E-state index in [0.29, 0.717) is 25.4 Å². The minimum absolute atomic E-state index is 0.000757. The van der Waals surface area contributed by atoms with E-state index in [4.69, 9.17) is 18.9 Å². The second-order valence-corrected chi connectivity index (χ2v) is 12.6. The van der Waals surface area contributed by atoms with Gasteiger partial charge in [-0.05, 0) is 48.6 Å². The Balaban J connectivity index is 1.51. The molecule has 2 aromatic rings. The van der Waals surface area contributed by atoms with E-state index in [0.717, 1.165) is 12.0 Å². The Hall–Kier alpha value is -2.70. The zero-order valence-corrected chi connectivity index (χ0v) is 24.1. The molecule has 2 heterocycles. The van der Waals surface area contributed by atoms with Gasteiger partial charge in [0, 0.05) is 25.4 Å². The molecule has 2 aliphatic heterocycles. The number of sulfonamides is 1. The minimum Gasteiger partial charge on any atom is -0.497 e. The number of rotatable bonds is 12. The summed E-state index contributed by atoms with van der Waals surface area (Å²) in [7, 11) is -2.43. The summed E-state index contributed by atoms with van der Waals surface area (Å²) in [6.45, 7) is 4.80. The fourth-order valence-electron chi connectivity index (χ4n) is 5.16. The van der Waals surface area contributed by atoms with E-state index < -0.39 is 28.3 Å². The van der Waals surface area contributed by atoms with E-state index in [2.05, 4.69) is 5.32 Å². The monoisotopic (exact) mass is 576 g/mol. The number of amides is 1. The highest BCUT2D eigenvalue weighted by Crippen LogP contribution is 2.32. The van der Waals surface area contributed by atoms with Crippen LogP contribution in [0.3, 0.4) is 0 Å². The summed E-state index contributed by atoms with van der Waals surface area (Å²) in [5.74, 6) is 0.508. The number of benzene rings is 2. The number of aliphatic hydroxyl groups excluding tert-OH is 1. The maximum absolute atomic E-state index is 13.6. The Kier molecular flexibility index (Phi) is 10.4. The van der Waals surface area contributed by atoms with Crippen LogP contribution >= 0.6 is 0 Å². The molecule has 0 bridgehead atoms. The number of ether oxygens (including phenoxy) is 4. The normalized spacial score (nSPS) is 22.5. The molecule has 4 rings (SSSR count). The summed E-state index contributed by atoms with van der Waals surface area (Å²) in [4.78, 5) is 13.2. The van der Waals surface area contributed by atoms with E-state index in [9.17, 15) is 18.3 Å². The number of alkyl carbamates (subject to hydrolysis) is 1. The Morgan fingerprint density at radius 2 is 1.73 bits per heavy atom. The third-order valence-corrected chi connectivity index (χ3v) is 9.07. The van der Waals surface area contributed by atoms with Crippen LogP contribution in [0.25, 0.3) is 0 Å². The van der Waals surface area contributed by atoms with Crippen molar-refractivity contribution in [3.8, 4) is 5.75 Å². The molecular formula is C29H40N2O8S. The zero-order valence-electron chi connectivity index (χ0n) is 23.3. The fraction of sp³-hybridized carbons (Fsp3) is 0.552. The Morgan fingerprint density at radius 1 is 1.05 bits per heavy atom. The molecule has 10 nitrogen and oxygen atoms in total. The summed E-state index contributed by atoms with van der Waals surface area (Å²) in [6, 6.07) is 14.8. The van der Waals surface area contributed by atoms with E-state index in [1.54, 1.807) is 12.1 Å². The van der Waals surface area contributed by atoms with Crippen molar-refractivity contribution < 1.29 is 37.3 Å². The number of fused-ring (bicyclic) bond motifs is 1. The van der Waals surface area contributed by atoms with Crippen molar-refractivity contribution in [2.24, 2.45) is 11.8 Å². The van der Waals surface area contributed by atoms with Gasteiger partial charge in [0.2, 0.25) is 10.0 Å². The number of nitrogens with zero attached hydrogens (tertiary/aromatic N) is 1. The molecule has 2 fully saturated rings. The van der Waals surface area contributed by atoms with Crippen molar-refractivity contribution in [1.82, 2.24) is 9.62 Å². The molecule has 5 atom stereocenters. The van der Waals surface area contributed by atoms with Crippen molar-refractivity contribution in [3.05, 3.63) is 60.2 Å². The summed E-state index contributed by atoms with van der Waals surface area (Å²) < 4.78 is 50.6. The standard InChI is InChI=1S/C29H40N2O8S/c1-20(2)18-31(40(34,35)23-11-9-22(36-3)10-12-23)19-26(32)25(17-21-7-5-4-6-8-21)30-29(33)39-27-14-16-38-28-24(27)13-15-37-28/h4-12,20,24-28,32H,13-19H2,1-3H3,(H,30,33)/t24-,25-,26-,27-,28+/m0/s1. The molecule has 2 aromatic carbocycles. The van der Waals surface area contributed by atoms with E-state index >= 15 is 0 Å². The predicted octanol–water partition coefficient (Wildman–Crippen LogP) is 3.19. The van der Waals surface area contributed by atoms with Crippen LogP contribution in [-0.4, -0.2) is 81.9 Å². The Morgan fingerprint density at radius 3 is 2.38 bits per heavy atom. The summed E-state index contributed by atoms with van der Waals surface area (Å²) in [6.07, 6.45) is -1.01. The van der Waals surface area contributed by atoms with Gasteiger partial charge in [-0.1, -0.05) is 44.2 Å². The van der Waals surface area contributed by atoms with Crippen LogP contribution in [0.2, 0.25) is 0 Å². The maximum atomic E-state index is 13.6. The van der Waals surface area contributed by atoms with Crippen LogP contribution in [0.5, 0.6) is 5.75 Å². The SMILES string of the molecule is COc1ccc(S(=O)(=O)N(CC(C)C)C[C@H](O)[C@H](Cc2ccccc2)NC(=O)O[C@H]2CCO[C@H]3OCC[C@H]32)cc1. The lowest BCUT2D eigenvalue weighted by molar-refractivity contribution is -0.179. The van der Waals surface area contributed by atoms with Gasteiger partial charge in [-0.2, -0.15) is 4.31 Å². The van der Waals surface area contributed by atoms with Gasteiger partial charge in [0.25, 0.3) is 0 Å². The van der Waals surface area contributed by atoms with Crippen LogP contribution in [0.1, 0.15) is 32.3 Å². The molecule has 0 aliphatic carbocycles. The molecule has 0 unspecified atom stereocenters. The minimum atomic E-state index is -3.94. The van der Waals surface area contributed by atoms with Gasteiger partial charge < -0.3 is 29.4 Å². The average Bonchev–Trinajstić information content (AvgIpc) is 3.43. The fourth-order valence-corrected chi connectivity index (χ4v) is 6.78. The Labute approximate surface area is 236 Å². The van der Waals surface area contributed by atoms with E-state index in [1.165, 1.54) is 23.5 Å². The first-order valence-electron chi connectivity index (χ1n) is 13.7. The lowest BCUT2D eigenvalue weighted by Crippen LogP contribution is -2.52. The first kappa shape index (κ1) is 30.3. The third-order valence-electron chi connectivity index (χ3n) is 7.23. The van der Waals surface area contributed by atoms with E-state index in [1.807, 2.05) is 44.2 Å². The van der Waals surface area contributed by atoms with Crippen LogP contribution in [0.15, 0.2) is 59.5 Å². The molecule has 11 heteroatoms. The molecule has 1 amide bonds. The van der Waals surface area contributed by atoms with Gasteiger partial charge in [0.1, 0.15) is 11.9 Å². The summed E-state index contributed by atoms with van der Waals surface area (Å²) >= 11 is 0. The molecule has 0 saturated carbocycles. The summed E-state index contributed by atoms with van der Waals surface area (Å²) in [5.41, 5.74) is 0.885. The van der Waals surface area contributed by atoms with Crippen LogP contribution in [-0.2, 0) is 30.7 Å². The average molecular weight is 577 g/mol. The van der Waals surface area contributed by atoms with Crippen LogP contribution in [0, 0.1) is 11.8 Å². The lowest BCUT2D eigenvalue weighted by atomic mass is 9.95. The second-order valence-electron chi connectivity index (χ2n) is 10.7. The molecule has 2 aliphatic rings. The number of nitrogens with one attached hydrogen (secondary N) is 1. The molecule has 220 valence electrons. The van der Waals surface area contributed by atoms with Gasteiger partial charge in [0.15, 0.2) is 6.29 Å². The highest BCUT2D eigenvalue weighted by Gasteiger charge is 2.41. The maximum Gasteiger partial charge on any atom is 0.407 e. The quantitative estimate of drug-likeness (QED) is 0.395. The molecule has 0 aromatic heterocycles. The number of carbonyl (C=O) groups excluding carboxylic acids is 1. The van der Waals surface area contributed by atoms with Gasteiger partial charge in [-0.15, -0.1) is 0 Å². The molecule has 2 N–H and O–H groups in total. The number of aliphatic hydroxyl groups is 1. The number of hydrogen-bond acceptors (Lipinski definition) is 8. The van der Waals surface area contributed by atoms with Gasteiger partial charge in [-0.3, -0.25) is 0 Å². The van der Waals surface area contributed by atoms with Crippen molar-refractivity contribution in [3.63, 3.8) is 0 Å². The van der Waals surface area contributed by atoms with Crippen molar-refractivity contribution in [2.75, 3.05) is 33.4 Å². The van der Waals surface area contributed by atoms with Crippen LogP contribution < -0.4 is 10.1 Å². The number of hydrogen-bond donors (Lipinski definition) is 2. The smallest absolute Gasteiger partial charge is 0.407 e. The Bertz CT molecular complexity index is 1190. The van der Waals surface area contributed by atoms with Gasteiger partial charge >= 0.3 is 6.09 Å². The zero-order chi connectivity index (χ0) is 28.7. The van der Waals surface area contributed by atoms with Crippen LogP contribution in [0.4, 0.5) is 4.79 Å². The van der Waals surface area contributed by atoms with Crippen molar-refractivity contribution in [1.29, 1.82) is 0 Å². The predicted molar refractivity (Wildman–Crippen MR) is 148 cm³/mol. The number of carbonyl (C=O) groups is 1. The topological polar surface area (TPSA) is 124 Å². The lowest BCUT2D eigenvalue weighted by Gasteiger charge is -2.33. The molecule has 0 radical (unpaired) electrons.